The van der Waals surface area contributed by atoms with E-state index < -0.39 is 0 Å². The van der Waals surface area contributed by atoms with Gasteiger partial charge in [0.05, 0.1) is 27.3 Å². The molecule has 0 atom stereocenters. The van der Waals surface area contributed by atoms with E-state index in [4.69, 9.17) is 9.47 Å². The molecular formula is C39H66ClNO2. The van der Waals surface area contributed by atoms with Crippen molar-refractivity contribution in [3.05, 3.63) is 65.7 Å². The van der Waals surface area contributed by atoms with E-state index >= 15 is 0 Å². The Morgan fingerprint density at radius 1 is 0.581 bits per heavy atom. The van der Waals surface area contributed by atoms with Crippen molar-refractivity contribution in [2.45, 2.75) is 114 Å². The predicted molar refractivity (Wildman–Crippen MR) is 182 cm³/mol. The van der Waals surface area contributed by atoms with Gasteiger partial charge in [-0.15, -0.1) is 0 Å². The Kier molecular flexibility index (Phi) is 14.4. The van der Waals surface area contributed by atoms with Gasteiger partial charge in [-0.3, -0.25) is 0 Å². The highest BCUT2D eigenvalue weighted by molar-refractivity contribution is 5.32. The fraction of sp³-hybridized carbons (Fsp3) is 0.692. The first-order valence-electron chi connectivity index (χ1n) is 16.3. The van der Waals surface area contributed by atoms with Crippen LogP contribution in [0.5, 0.6) is 5.75 Å². The normalized spacial score (nSPS) is 13.5. The van der Waals surface area contributed by atoms with Gasteiger partial charge in [-0.05, 0) is 70.5 Å². The van der Waals surface area contributed by atoms with Gasteiger partial charge in [-0.2, -0.15) is 0 Å². The summed E-state index contributed by atoms with van der Waals surface area (Å²) < 4.78 is 12.8. The molecule has 2 aromatic carbocycles. The van der Waals surface area contributed by atoms with E-state index in [1.54, 1.807) is 0 Å². The van der Waals surface area contributed by atoms with Gasteiger partial charge in [0.2, 0.25) is 0 Å². The molecule has 0 bridgehead atoms. The van der Waals surface area contributed by atoms with Crippen molar-refractivity contribution < 1.29 is 26.4 Å². The van der Waals surface area contributed by atoms with Crippen molar-refractivity contribution in [2.75, 3.05) is 40.5 Å². The summed E-state index contributed by atoms with van der Waals surface area (Å²) in [5.74, 6) is 0.916. The molecule has 0 spiro atoms. The van der Waals surface area contributed by atoms with E-state index in [2.05, 4.69) is 145 Å². The fourth-order valence-corrected chi connectivity index (χ4v) is 8.30. The summed E-state index contributed by atoms with van der Waals surface area (Å²) in [6.45, 7) is 30.6. The smallest absolute Gasteiger partial charge is 0.119 e. The molecule has 0 fully saturated rings. The SMILES string of the molecule is CC(C)(C)CC(C)(C)CC(C)(C)CC(C)(C)CC(C)(C)c1ccc(OCCOCC[N+](C)(C)Cc2ccccc2)cc1.[Cl-]. The van der Waals surface area contributed by atoms with Crippen LogP contribution in [0.1, 0.15) is 113 Å². The number of likely N-dealkylation sites (N-methyl/N-ethyl adjacent to an activating group) is 1. The zero-order chi connectivity index (χ0) is 31.9. The van der Waals surface area contributed by atoms with Gasteiger partial charge in [-0.25, -0.2) is 0 Å². The Hall–Kier alpha value is -1.55. The van der Waals surface area contributed by atoms with E-state index in [1.807, 2.05) is 0 Å². The number of hydrogen-bond acceptors (Lipinski definition) is 2. The number of ether oxygens (including phenoxy) is 2. The van der Waals surface area contributed by atoms with Gasteiger partial charge in [0.15, 0.2) is 0 Å². The Morgan fingerprint density at radius 3 is 1.63 bits per heavy atom. The molecule has 0 heterocycles. The third-order valence-electron chi connectivity index (χ3n) is 8.27. The summed E-state index contributed by atoms with van der Waals surface area (Å²) in [6.07, 6.45) is 4.88. The second-order valence-electron chi connectivity index (χ2n) is 17.9. The molecule has 246 valence electrons. The van der Waals surface area contributed by atoms with Gasteiger partial charge >= 0.3 is 0 Å². The average molecular weight is 616 g/mol. The third kappa shape index (κ3) is 15.8. The molecule has 0 saturated carbocycles. The number of rotatable bonds is 17. The highest BCUT2D eigenvalue weighted by Crippen LogP contribution is 2.49. The highest BCUT2D eigenvalue weighted by Gasteiger charge is 2.38. The molecule has 0 aliphatic carbocycles. The van der Waals surface area contributed by atoms with E-state index in [9.17, 15) is 0 Å². The predicted octanol–water partition coefficient (Wildman–Crippen LogP) is 7.33. The molecule has 4 heteroatoms. The lowest BCUT2D eigenvalue weighted by molar-refractivity contribution is -0.904. The molecular weight excluding hydrogens is 550 g/mol. The molecule has 2 aromatic rings. The lowest BCUT2D eigenvalue weighted by atomic mass is 9.61. The summed E-state index contributed by atoms with van der Waals surface area (Å²) in [6, 6.07) is 19.4. The Bertz CT molecular complexity index is 1060. The minimum absolute atomic E-state index is 0. The van der Waals surface area contributed by atoms with Crippen molar-refractivity contribution in [3.63, 3.8) is 0 Å². The van der Waals surface area contributed by atoms with E-state index in [0.717, 1.165) is 36.3 Å². The van der Waals surface area contributed by atoms with Crippen LogP contribution in [0.15, 0.2) is 54.6 Å². The first kappa shape index (κ1) is 39.5. The number of halogens is 1. The third-order valence-corrected chi connectivity index (χ3v) is 8.27. The molecule has 0 radical (unpaired) electrons. The van der Waals surface area contributed by atoms with Gasteiger partial charge in [0.1, 0.15) is 25.4 Å². The van der Waals surface area contributed by atoms with E-state index in [0.29, 0.717) is 29.5 Å². The van der Waals surface area contributed by atoms with Crippen LogP contribution in [-0.4, -0.2) is 44.9 Å². The minimum Gasteiger partial charge on any atom is -1.00 e. The van der Waals surface area contributed by atoms with Crippen molar-refractivity contribution in [1.29, 1.82) is 0 Å². The average Bonchev–Trinajstić information content (AvgIpc) is 2.78. The number of nitrogens with zero attached hydrogens (tertiary/aromatic N) is 1. The summed E-state index contributed by atoms with van der Waals surface area (Å²) in [4.78, 5) is 0. The van der Waals surface area contributed by atoms with Crippen LogP contribution in [0.3, 0.4) is 0 Å². The fourth-order valence-electron chi connectivity index (χ4n) is 8.30. The maximum absolute atomic E-state index is 6.02. The number of quaternary nitrogens is 1. The molecule has 0 amide bonds. The van der Waals surface area contributed by atoms with Crippen LogP contribution < -0.4 is 17.1 Å². The maximum Gasteiger partial charge on any atom is 0.119 e. The summed E-state index contributed by atoms with van der Waals surface area (Å²) >= 11 is 0. The Morgan fingerprint density at radius 2 is 1.09 bits per heavy atom. The molecule has 0 aromatic heterocycles. The second-order valence-corrected chi connectivity index (χ2v) is 17.9. The van der Waals surface area contributed by atoms with Crippen LogP contribution in [0.25, 0.3) is 0 Å². The van der Waals surface area contributed by atoms with Crippen molar-refractivity contribution in [1.82, 2.24) is 0 Å². The number of benzene rings is 2. The van der Waals surface area contributed by atoms with Crippen LogP contribution >= 0.6 is 0 Å². The maximum atomic E-state index is 6.02. The van der Waals surface area contributed by atoms with Crippen molar-refractivity contribution >= 4 is 0 Å². The largest absolute Gasteiger partial charge is 1.00 e. The van der Waals surface area contributed by atoms with E-state index in [-0.39, 0.29) is 23.2 Å². The minimum atomic E-state index is 0. The van der Waals surface area contributed by atoms with E-state index in [1.165, 1.54) is 30.4 Å². The Balaban J connectivity index is 0.00000924. The molecule has 0 aliphatic rings. The lowest BCUT2D eigenvalue weighted by Crippen LogP contribution is -3.00. The van der Waals surface area contributed by atoms with Crippen LogP contribution in [0.4, 0.5) is 0 Å². The van der Waals surface area contributed by atoms with Gasteiger partial charge in [0.25, 0.3) is 0 Å². The topological polar surface area (TPSA) is 18.5 Å². The van der Waals surface area contributed by atoms with Gasteiger partial charge in [-0.1, -0.05) is 119 Å². The molecule has 0 unspecified atom stereocenters. The second kappa shape index (κ2) is 15.6. The van der Waals surface area contributed by atoms with Crippen LogP contribution in [0, 0.1) is 21.7 Å². The van der Waals surface area contributed by atoms with Crippen LogP contribution in [0.2, 0.25) is 0 Å². The van der Waals surface area contributed by atoms with Gasteiger partial charge < -0.3 is 26.4 Å². The first-order chi connectivity index (χ1) is 19.1. The quantitative estimate of drug-likeness (QED) is 0.137. The molecule has 0 N–H and O–H groups in total. The standard InChI is InChI=1S/C39H66NO2.ClH/c1-35(2,3)28-36(4,5)29-37(6,7)30-38(8,9)31-39(10,11)33-19-21-34(22-20-33)42-26-25-41-24-23-40(12,13)27-32-17-15-14-16-18-32;/h14-22H,23-31H2,1-13H3;1H/q+1;/p-1. The zero-order valence-electron chi connectivity index (χ0n) is 30.2. The van der Waals surface area contributed by atoms with Crippen molar-refractivity contribution in [3.8, 4) is 5.75 Å². The van der Waals surface area contributed by atoms with Crippen molar-refractivity contribution in [2.24, 2.45) is 21.7 Å². The monoisotopic (exact) mass is 615 g/mol. The Labute approximate surface area is 273 Å². The summed E-state index contributed by atoms with van der Waals surface area (Å²) in [5, 5.41) is 0. The first-order valence-corrected chi connectivity index (χ1v) is 16.3. The zero-order valence-corrected chi connectivity index (χ0v) is 31.0. The summed E-state index contributed by atoms with van der Waals surface area (Å²) in [7, 11) is 4.51. The molecule has 0 aliphatic heterocycles. The number of hydrogen-bond donors (Lipinski definition) is 0. The van der Waals surface area contributed by atoms with Gasteiger partial charge in [0, 0.05) is 5.56 Å². The lowest BCUT2D eigenvalue weighted by Gasteiger charge is -2.44. The molecule has 3 nitrogen and oxygen atoms in total. The molecule has 43 heavy (non-hydrogen) atoms. The highest BCUT2D eigenvalue weighted by atomic mass is 35.5. The summed E-state index contributed by atoms with van der Waals surface area (Å²) in [5.41, 5.74) is 4.07. The molecule has 0 saturated heterocycles. The van der Waals surface area contributed by atoms with Crippen LogP contribution in [-0.2, 0) is 16.7 Å². The molecule has 2 rings (SSSR count).